The predicted molar refractivity (Wildman–Crippen MR) is 160 cm³/mol. The molecule has 3 amide bonds. The minimum atomic E-state index is -4.74. The number of phosphoric ester groups is 1. The number of aliphatic hydroxyl groups excluding tert-OH is 1. The van der Waals surface area contributed by atoms with Gasteiger partial charge in [-0.2, -0.15) is 12.6 Å². The highest BCUT2D eigenvalue weighted by Gasteiger charge is 2.35. The Hall–Kier alpha value is -1.43. The van der Waals surface area contributed by atoms with Crippen LogP contribution in [0.1, 0.15) is 97.8 Å². The summed E-state index contributed by atoms with van der Waals surface area (Å²) in [6, 6.07) is 0. The molecule has 0 aliphatic carbocycles. The molecule has 0 unspecified atom stereocenters. The van der Waals surface area contributed by atoms with E-state index < -0.39 is 37.1 Å². The van der Waals surface area contributed by atoms with E-state index in [0.29, 0.717) is 6.42 Å². The molecule has 40 heavy (non-hydrogen) atoms. The van der Waals surface area contributed by atoms with E-state index in [1.165, 1.54) is 46.0 Å². The minimum absolute atomic E-state index is 0.0441. The normalized spacial score (nSPS) is 13.7. The van der Waals surface area contributed by atoms with Crippen molar-refractivity contribution in [2.45, 2.75) is 109 Å². The topological polar surface area (TPSA) is 174 Å². The van der Waals surface area contributed by atoms with Crippen LogP contribution in [0.5, 0.6) is 0 Å². The van der Waals surface area contributed by atoms with Crippen molar-refractivity contribution in [2.75, 3.05) is 26.2 Å². The molecule has 0 aliphatic heterocycles. The molecule has 0 fully saturated rings. The molecule has 0 saturated heterocycles. The summed E-state index contributed by atoms with van der Waals surface area (Å²) in [5.74, 6) is -1.30. The highest BCUT2D eigenvalue weighted by atomic mass is 32.1. The van der Waals surface area contributed by atoms with Crippen molar-refractivity contribution >= 4 is 38.2 Å². The molecular formula is C27H52N3O8PS. The zero-order valence-corrected chi connectivity index (χ0v) is 26.2. The third-order valence-electron chi connectivity index (χ3n) is 6.28. The maximum atomic E-state index is 12.2. The summed E-state index contributed by atoms with van der Waals surface area (Å²) in [6.45, 7) is 4.95. The van der Waals surface area contributed by atoms with Gasteiger partial charge in [0.25, 0.3) is 0 Å². The van der Waals surface area contributed by atoms with E-state index in [2.05, 4.69) is 52.2 Å². The molecule has 0 radical (unpaired) electrons. The van der Waals surface area contributed by atoms with Crippen LogP contribution in [0, 0.1) is 5.41 Å². The standard InChI is InChI=1S/C27H52N3O8PS/c1-4-5-6-7-8-9-10-11-12-13-14-15-16-22(40)25(33)30-20-19-28-23(31)17-18-29-26(34)24(32)27(2,3)21-38-39(35,36)37/h9-10,22,24,32,40H,4-8,11-21H2,1-3H3,(H,28,31)(H,29,34)(H,30,33)(H2,35,36,37)/b10-9-/t22-,24+/m1/s1. The van der Waals surface area contributed by atoms with Crippen LogP contribution in [0.4, 0.5) is 0 Å². The lowest BCUT2D eigenvalue weighted by atomic mass is 9.87. The lowest BCUT2D eigenvalue weighted by Gasteiger charge is -2.29. The summed E-state index contributed by atoms with van der Waals surface area (Å²) in [5, 5.41) is 17.5. The number of allylic oxidation sites excluding steroid dienone is 2. The Labute approximate surface area is 245 Å². The predicted octanol–water partition coefficient (Wildman–Crippen LogP) is 3.39. The fourth-order valence-electron chi connectivity index (χ4n) is 3.68. The number of nitrogens with one attached hydrogen (secondary N) is 3. The van der Waals surface area contributed by atoms with E-state index in [0.717, 1.165) is 32.1 Å². The first-order valence-electron chi connectivity index (χ1n) is 14.3. The van der Waals surface area contributed by atoms with E-state index in [1.807, 2.05) is 0 Å². The number of thiol groups is 1. The lowest BCUT2D eigenvalue weighted by Crippen LogP contribution is -2.46. The number of hydrogen-bond acceptors (Lipinski definition) is 7. The van der Waals surface area contributed by atoms with Gasteiger partial charge >= 0.3 is 7.82 Å². The second-order valence-electron chi connectivity index (χ2n) is 10.7. The first-order valence-corrected chi connectivity index (χ1v) is 16.4. The summed E-state index contributed by atoms with van der Waals surface area (Å²) in [7, 11) is -4.74. The molecule has 2 atom stereocenters. The van der Waals surface area contributed by atoms with E-state index >= 15 is 0 Å². The smallest absolute Gasteiger partial charge is 0.383 e. The van der Waals surface area contributed by atoms with Crippen molar-refractivity contribution in [2.24, 2.45) is 5.41 Å². The molecule has 0 aromatic heterocycles. The maximum absolute atomic E-state index is 12.2. The number of carbonyl (C=O) groups excluding carboxylic acids is 3. The van der Waals surface area contributed by atoms with Gasteiger partial charge in [0, 0.05) is 31.5 Å². The van der Waals surface area contributed by atoms with E-state index in [4.69, 9.17) is 9.79 Å². The van der Waals surface area contributed by atoms with Crippen LogP contribution in [-0.4, -0.2) is 70.2 Å². The second kappa shape index (κ2) is 22.2. The van der Waals surface area contributed by atoms with Crippen LogP contribution in [0.25, 0.3) is 0 Å². The number of phosphoric acid groups is 1. The van der Waals surface area contributed by atoms with Gasteiger partial charge in [-0.1, -0.05) is 71.4 Å². The van der Waals surface area contributed by atoms with Gasteiger partial charge in [0.15, 0.2) is 0 Å². The average Bonchev–Trinajstić information content (AvgIpc) is 2.89. The van der Waals surface area contributed by atoms with Gasteiger partial charge in [0.05, 0.1) is 11.9 Å². The number of aliphatic hydroxyl groups is 1. The number of unbranched alkanes of at least 4 members (excludes halogenated alkanes) is 8. The molecule has 0 saturated carbocycles. The lowest BCUT2D eigenvalue weighted by molar-refractivity contribution is -0.137. The fourth-order valence-corrected chi connectivity index (χ4v) is 4.46. The van der Waals surface area contributed by atoms with Crippen molar-refractivity contribution < 1.29 is 38.4 Å². The molecule has 13 heteroatoms. The molecule has 0 rings (SSSR count). The Morgan fingerprint density at radius 2 is 1.43 bits per heavy atom. The van der Waals surface area contributed by atoms with Crippen LogP contribution >= 0.6 is 20.5 Å². The molecule has 234 valence electrons. The van der Waals surface area contributed by atoms with Gasteiger partial charge in [-0.3, -0.25) is 18.9 Å². The summed E-state index contributed by atoms with van der Waals surface area (Å²) in [6.07, 6.45) is 15.4. The number of amides is 3. The molecule has 0 spiro atoms. The third kappa shape index (κ3) is 21.3. The highest BCUT2D eigenvalue weighted by molar-refractivity contribution is 7.81. The van der Waals surface area contributed by atoms with Gasteiger partial charge in [0.1, 0.15) is 6.10 Å². The van der Waals surface area contributed by atoms with Crippen LogP contribution in [0.3, 0.4) is 0 Å². The van der Waals surface area contributed by atoms with Crippen LogP contribution < -0.4 is 16.0 Å². The van der Waals surface area contributed by atoms with Gasteiger partial charge in [0.2, 0.25) is 17.7 Å². The highest BCUT2D eigenvalue weighted by Crippen LogP contribution is 2.38. The van der Waals surface area contributed by atoms with Crippen molar-refractivity contribution in [3.63, 3.8) is 0 Å². The second-order valence-corrected chi connectivity index (χ2v) is 12.5. The first kappa shape index (κ1) is 38.6. The van der Waals surface area contributed by atoms with Crippen molar-refractivity contribution in [3.8, 4) is 0 Å². The maximum Gasteiger partial charge on any atom is 0.469 e. The van der Waals surface area contributed by atoms with Crippen molar-refractivity contribution in [3.05, 3.63) is 12.2 Å². The SMILES string of the molecule is CCCCCC/C=C\CCCCCC[C@@H](S)C(=O)NCCNC(=O)CCNC(=O)[C@H](O)C(C)(C)COP(=O)(O)O. The molecular weight excluding hydrogens is 557 g/mol. The Bertz CT molecular complexity index is 807. The Morgan fingerprint density at radius 3 is 2.02 bits per heavy atom. The van der Waals surface area contributed by atoms with Gasteiger partial charge < -0.3 is 30.8 Å². The van der Waals surface area contributed by atoms with Crippen LogP contribution in [0.15, 0.2) is 12.2 Å². The zero-order valence-electron chi connectivity index (χ0n) is 24.4. The summed E-state index contributed by atoms with van der Waals surface area (Å²) in [4.78, 5) is 53.8. The van der Waals surface area contributed by atoms with E-state index in [9.17, 15) is 24.1 Å². The first-order chi connectivity index (χ1) is 18.8. The monoisotopic (exact) mass is 609 g/mol. The molecule has 0 heterocycles. The quantitative estimate of drug-likeness (QED) is 0.0377. The fraction of sp³-hybridized carbons (Fsp3) is 0.815. The molecule has 11 nitrogen and oxygen atoms in total. The Kier molecular flexibility index (Phi) is 21.4. The molecule has 0 aromatic carbocycles. The number of rotatable bonds is 24. The largest absolute Gasteiger partial charge is 0.469 e. The summed E-state index contributed by atoms with van der Waals surface area (Å²) in [5.41, 5.74) is -1.26. The Morgan fingerprint density at radius 1 is 0.875 bits per heavy atom. The van der Waals surface area contributed by atoms with E-state index in [-0.39, 0.29) is 37.9 Å². The number of hydrogen-bond donors (Lipinski definition) is 7. The van der Waals surface area contributed by atoms with Crippen molar-refractivity contribution in [1.29, 1.82) is 0 Å². The number of carbonyl (C=O) groups is 3. The molecule has 0 bridgehead atoms. The third-order valence-corrected chi connectivity index (χ3v) is 7.24. The Balaban J connectivity index is 3.87. The average molecular weight is 610 g/mol. The van der Waals surface area contributed by atoms with Crippen LogP contribution in [0.2, 0.25) is 0 Å². The molecule has 0 aliphatic rings. The summed E-state index contributed by atoms with van der Waals surface area (Å²) >= 11 is 4.39. The van der Waals surface area contributed by atoms with Gasteiger partial charge in [-0.25, -0.2) is 4.57 Å². The molecule has 0 aromatic rings. The van der Waals surface area contributed by atoms with E-state index in [1.54, 1.807) is 0 Å². The zero-order chi connectivity index (χ0) is 30.4. The minimum Gasteiger partial charge on any atom is -0.383 e. The van der Waals surface area contributed by atoms with Crippen molar-refractivity contribution in [1.82, 2.24) is 16.0 Å². The van der Waals surface area contributed by atoms with Gasteiger partial charge in [-0.05, 0) is 32.1 Å². The molecule has 6 N–H and O–H groups in total. The summed E-state index contributed by atoms with van der Waals surface area (Å²) < 4.78 is 15.2. The van der Waals surface area contributed by atoms with Gasteiger partial charge in [-0.15, -0.1) is 0 Å². The van der Waals surface area contributed by atoms with Crippen LogP contribution in [-0.2, 0) is 23.5 Å².